The predicted octanol–water partition coefficient (Wildman–Crippen LogP) is 2.42. The Balaban J connectivity index is 3.73. The minimum atomic E-state index is 0.595. The van der Waals surface area contributed by atoms with Crippen LogP contribution in [0.25, 0.3) is 0 Å². The molecule has 0 amide bonds. The second-order valence-corrected chi connectivity index (χ2v) is 4.60. The molecular weight excluding hydrogens is 192 g/mol. The Morgan fingerprint density at radius 3 is 2.50 bits per heavy atom. The van der Waals surface area contributed by atoms with E-state index < -0.39 is 0 Å². The number of unbranched alkanes of at least 4 members (excludes halogenated alkanes) is 1. The van der Waals surface area contributed by atoms with E-state index in [2.05, 4.69) is 25.8 Å². The topological polar surface area (TPSA) is 29.3 Å². The van der Waals surface area contributed by atoms with E-state index in [1.54, 1.807) is 0 Å². The van der Waals surface area contributed by atoms with Crippen LogP contribution in [0.1, 0.15) is 39.5 Å². The van der Waals surface area contributed by atoms with Crippen molar-refractivity contribution in [2.45, 2.75) is 39.5 Å². The number of hydrogen-bond acceptors (Lipinski definition) is 2. The number of nitrogens with two attached hydrogens (primary N) is 1. The molecule has 2 nitrogen and oxygen atoms in total. The zero-order valence-corrected chi connectivity index (χ0v) is 10.6. The highest BCUT2D eigenvalue weighted by molar-refractivity contribution is 7.80. The molecule has 0 aromatic carbocycles. The van der Waals surface area contributed by atoms with Gasteiger partial charge in [-0.25, -0.2) is 0 Å². The Bertz CT molecular complexity index is 159. The molecule has 1 unspecified atom stereocenters. The van der Waals surface area contributed by atoms with Crippen LogP contribution in [0.15, 0.2) is 0 Å². The van der Waals surface area contributed by atoms with Gasteiger partial charge >= 0.3 is 0 Å². The van der Waals surface area contributed by atoms with Gasteiger partial charge in [-0.2, -0.15) is 0 Å². The predicted molar refractivity (Wildman–Crippen MR) is 67.6 cm³/mol. The average molecular weight is 216 g/mol. The lowest BCUT2D eigenvalue weighted by molar-refractivity contribution is 0.286. The number of nitrogens with zero attached hydrogens (tertiary/aromatic N) is 1. The van der Waals surface area contributed by atoms with Gasteiger partial charge in [0, 0.05) is 13.1 Å². The van der Waals surface area contributed by atoms with Gasteiger partial charge < -0.3 is 5.73 Å². The van der Waals surface area contributed by atoms with E-state index in [1.807, 2.05) is 0 Å². The maximum Gasteiger partial charge on any atom is 0.0869 e. The fourth-order valence-corrected chi connectivity index (χ4v) is 1.91. The van der Waals surface area contributed by atoms with Crippen molar-refractivity contribution >= 4 is 17.2 Å². The molecule has 0 saturated carbocycles. The summed E-state index contributed by atoms with van der Waals surface area (Å²) in [7, 11) is 2.09. The van der Waals surface area contributed by atoms with Crippen LogP contribution in [0, 0.1) is 5.92 Å². The van der Waals surface area contributed by atoms with Crippen molar-refractivity contribution in [1.29, 1.82) is 0 Å². The lowest BCUT2D eigenvalue weighted by Gasteiger charge is -2.22. The maximum atomic E-state index is 5.50. The molecular formula is C11H24N2S. The Hall–Kier alpha value is -0.150. The van der Waals surface area contributed by atoms with Crippen molar-refractivity contribution in [3.05, 3.63) is 0 Å². The molecule has 0 aliphatic rings. The van der Waals surface area contributed by atoms with E-state index in [1.165, 1.54) is 25.7 Å². The summed E-state index contributed by atoms with van der Waals surface area (Å²) >= 11 is 4.88. The van der Waals surface area contributed by atoms with Gasteiger partial charge in [-0.15, -0.1) is 0 Å². The molecule has 0 saturated heterocycles. The molecule has 0 bridgehead atoms. The van der Waals surface area contributed by atoms with Gasteiger partial charge in [-0.3, -0.25) is 4.90 Å². The van der Waals surface area contributed by atoms with Crippen molar-refractivity contribution in [3.63, 3.8) is 0 Å². The highest BCUT2D eigenvalue weighted by Crippen LogP contribution is 2.13. The summed E-state index contributed by atoms with van der Waals surface area (Å²) in [5.74, 6) is 0.800. The van der Waals surface area contributed by atoms with Crippen LogP contribution in [-0.4, -0.2) is 30.0 Å². The Kier molecular flexibility index (Phi) is 8.09. The lowest BCUT2D eigenvalue weighted by atomic mass is 9.99. The van der Waals surface area contributed by atoms with Crippen LogP contribution in [0.5, 0.6) is 0 Å². The minimum absolute atomic E-state index is 0.595. The van der Waals surface area contributed by atoms with Gasteiger partial charge in [0.1, 0.15) is 0 Å². The zero-order valence-electron chi connectivity index (χ0n) is 9.75. The summed E-state index contributed by atoms with van der Waals surface area (Å²) < 4.78 is 0. The first-order valence-corrected chi connectivity index (χ1v) is 5.97. The van der Waals surface area contributed by atoms with Crippen LogP contribution in [0.3, 0.4) is 0 Å². The molecule has 0 aliphatic carbocycles. The molecule has 0 aliphatic heterocycles. The monoisotopic (exact) mass is 216 g/mol. The van der Waals surface area contributed by atoms with Gasteiger partial charge in [0.25, 0.3) is 0 Å². The third-order valence-electron chi connectivity index (χ3n) is 2.54. The van der Waals surface area contributed by atoms with Gasteiger partial charge in [0.05, 0.1) is 4.99 Å². The third-order valence-corrected chi connectivity index (χ3v) is 2.67. The Labute approximate surface area is 93.8 Å². The second-order valence-electron chi connectivity index (χ2n) is 4.08. The summed E-state index contributed by atoms with van der Waals surface area (Å²) in [5, 5.41) is 0. The molecule has 0 spiro atoms. The first-order chi connectivity index (χ1) is 6.60. The first-order valence-electron chi connectivity index (χ1n) is 5.56. The summed E-state index contributed by atoms with van der Waals surface area (Å²) in [4.78, 5) is 2.82. The summed E-state index contributed by atoms with van der Waals surface area (Å²) in [6, 6.07) is 0. The molecule has 14 heavy (non-hydrogen) atoms. The minimum Gasteiger partial charge on any atom is -0.392 e. The van der Waals surface area contributed by atoms with Gasteiger partial charge in [0.15, 0.2) is 0 Å². The standard InChI is InChI=1S/C11H24N2S/c1-4-6-7-10(5-2)8-13(3)9-11(12)14/h10H,4-9H2,1-3H3,(H2,12,14). The Morgan fingerprint density at radius 2 is 2.07 bits per heavy atom. The molecule has 0 fully saturated rings. The van der Waals surface area contributed by atoms with Crippen LogP contribution in [0.2, 0.25) is 0 Å². The molecule has 84 valence electrons. The van der Waals surface area contributed by atoms with Gasteiger partial charge in [-0.1, -0.05) is 45.3 Å². The lowest BCUT2D eigenvalue weighted by Crippen LogP contribution is -2.33. The van der Waals surface area contributed by atoms with E-state index in [9.17, 15) is 0 Å². The van der Waals surface area contributed by atoms with Gasteiger partial charge in [-0.05, 0) is 19.4 Å². The van der Waals surface area contributed by atoms with Crippen molar-refractivity contribution in [1.82, 2.24) is 4.90 Å². The quantitative estimate of drug-likeness (QED) is 0.632. The molecule has 0 aromatic heterocycles. The fraction of sp³-hybridized carbons (Fsp3) is 0.909. The number of thiocarbonyl (C=S) groups is 1. The fourth-order valence-electron chi connectivity index (χ4n) is 1.69. The van der Waals surface area contributed by atoms with E-state index in [-0.39, 0.29) is 0 Å². The first kappa shape index (κ1) is 13.8. The van der Waals surface area contributed by atoms with Crippen molar-refractivity contribution in [3.8, 4) is 0 Å². The van der Waals surface area contributed by atoms with Crippen LogP contribution in [0.4, 0.5) is 0 Å². The Morgan fingerprint density at radius 1 is 1.43 bits per heavy atom. The molecule has 0 heterocycles. The number of rotatable bonds is 8. The summed E-state index contributed by atoms with van der Waals surface area (Å²) in [6.07, 6.45) is 5.20. The molecule has 1 atom stereocenters. The number of likely N-dealkylation sites (N-methyl/N-ethyl adjacent to an activating group) is 1. The molecule has 0 aromatic rings. The van der Waals surface area contributed by atoms with Crippen LogP contribution >= 0.6 is 12.2 Å². The zero-order chi connectivity index (χ0) is 11.0. The van der Waals surface area contributed by atoms with Gasteiger partial charge in [0.2, 0.25) is 0 Å². The average Bonchev–Trinajstić information content (AvgIpc) is 2.10. The third kappa shape index (κ3) is 7.27. The van der Waals surface area contributed by atoms with Crippen LogP contribution < -0.4 is 5.73 Å². The van der Waals surface area contributed by atoms with Crippen molar-refractivity contribution < 1.29 is 0 Å². The maximum absolute atomic E-state index is 5.50. The highest BCUT2D eigenvalue weighted by atomic mass is 32.1. The molecule has 0 radical (unpaired) electrons. The van der Waals surface area contributed by atoms with E-state index >= 15 is 0 Å². The van der Waals surface area contributed by atoms with Crippen LogP contribution in [-0.2, 0) is 0 Å². The SMILES string of the molecule is CCCCC(CC)CN(C)CC(N)=S. The van der Waals surface area contributed by atoms with Crippen molar-refractivity contribution in [2.24, 2.45) is 11.7 Å². The highest BCUT2D eigenvalue weighted by Gasteiger charge is 2.09. The molecule has 3 heteroatoms. The van der Waals surface area contributed by atoms with E-state index in [4.69, 9.17) is 18.0 Å². The summed E-state index contributed by atoms with van der Waals surface area (Å²) in [6.45, 7) is 6.37. The smallest absolute Gasteiger partial charge is 0.0869 e. The molecule has 0 rings (SSSR count). The second kappa shape index (κ2) is 8.18. The largest absolute Gasteiger partial charge is 0.392 e. The van der Waals surface area contributed by atoms with Crippen molar-refractivity contribution in [2.75, 3.05) is 20.1 Å². The normalized spacial score (nSPS) is 13.1. The summed E-state index contributed by atoms with van der Waals surface area (Å²) in [5.41, 5.74) is 5.50. The number of hydrogen-bond donors (Lipinski definition) is 1. The van der Waals surface area contributed by atoms with E-state index in [0.29, 0.717) is 4.99 Å². The molecule has 2 N–H and O–H groups in total. The van der Waals surface area contributed by atoms with E-state index in [0.717, 1.165) is 19.0 Å².